The number of aliphatic hydroxyl groups excluding tert-OH is 1. The Labute approximate surface area is 190 Å². The van der Waals surface area contributed by atoms with Crippen molar-refractivity contribution < 1.29 is 19.0 Å². The number of benzene rings is 2. The van der Waals surface area contributed by atoms with Gasteiger partial charge in [0.05, 0.1) is 36.7 Å². The number of carbonyl (C=O) groups excluding carboxylic acids is 1. The van der Waals surface area contributed by atoms with Gasteiger partial charge >= 0.3 is 0 Å². The van der Waals surface area contributed by atoms with Crippen molar-refractivity contribution in [3.8, 4) is 28.3 Å². The molecule has 2 heterocycles. The predicted molar refractivity (Wildman–Crippen MR) is 122 cm³/mol. The lowest BCUT2D eigenvalue weighted by atomic mass is 10.0. The highest BCUT2D eigenvalue weighted by atomic mass is 19.1. The molecule has 2 aromatic heterocycles. The first-order chi connectivity index (χ1) is 16.1. The minimum absolute atomic E-state index is 0.246. The first-order valence-electron chi connectivity index (χ1n) is 10.4. The molecule has 33 heavy (non-hydrogen) atoms. The summed E-state index contributed by atoms with van der Waals surface area (Å²) < 4.78 is 18.7. The standard InChI is InChI=1S/C25H23FN4O3/c1-33-23-7-4-6-20(22-14-21(29-30-22)16-8-10-17(26)11-9-16)24(23)25(32)28-19(15-31)13-18-5-2-3-12-27-18/h2-12,14,19,31H,13,15H2,1H3,(H,28,32)(H,29,30)/t19-/m1/s1. The molecule has 8 heteroatoms. The van der Waals surface area contributed by atoms with Crippen LogP contribution in [0.5, 0.6) is 5.75 Å². The van der Waals surface area contributed by atoms with Gasteiger partial charge in [0.15, 0.2) is 0 Å². The van der Waals surface area contributed by atoms with E-state index in [-0.39, 0.29) is 12.4 Å². The van der Waals surface area contributed by atoms with Gasteiger partial charge in [0, 0.05) is 23.9 Å². The van der Waals surface area contributed by atoms with Gasteiger partial charge in [0.25, 0.3) is 5.91 Å². The number of amides is 1. The summed E-state index contributed by atoms with van der Waals surface area (Å²) in [5.41, 5.74) is 3.60. The van der Waals surface area contributed by atoms with Gasteiger partial charge in [-0.2, -0.15) is 5.10 Å². The third-order valence-corrected chi connectivity index (χ3v) is 5.22. The van der Waals surface area contributed by atoms with Gasteiger partial charge in [0.2, 0.25) is 0 Å². The molecule has 0 radical (unpaired) electrons. The zero-order valence-electron chi connectivity index (χ0n) is 18.0. The normalized spacial score (nSPS) is 11.7. The van der Waals surface area contributed by atoms with Crippen LogP contribution in [-0.2, 0) is 6.42 Å². The van der Waals surface area contributed by atoms with E-state index in [9.17, 15) is 14.3 Å². The molecular formula is C25H23FN4O3. The second-order valence-corrected chi connectivity index (χ2v) is 7.43. The summed E-state index contributed by atoms with van der Waals surface area (Å²) in [5, 5.41) is 20.0. The first kappa shape index (κ1) is 22.2. The minimum atomic E-state index is -0.529. The van der Waals surface area contributed by atoms with E-state index in [4.69, 9.17) is 4.74 Å². The van der Waals surface area contributed by atoms with E-state index in [0.29, 0.717) is 34.7 Å². The number of H-pyrrole nitrogens is 1. The largest absolute Gasteiger partial charge is 0.496 e. The topological polar surface area (TPSA) is 100 Å². The van der Waals surface area contributed by atoms with Crippen molar-refractivity contribution in [1.29, 1.82) is 0 Å². The molecule has 3 N–H and O–H groups in total. The smallest absolute Gasteiger partial charge is 0.256 e. The fourth-order valence-corrected chi connectivity index (χ4v) is 3.58. The molecule has 0 aliphatic heterocycles. The maximum absolute atomic E-state index is 13.3. The molecule has 1 atom stereocenters. The van der Waals surface area contributed by atoms with Crippen molar-refractivity contribution in [1.82, 2.24) is 20.5 Å². The number of aromatic amines is 1. The van der Waals surface area contributed by atoms with Crippen LogP contribution in [0.25, 0.3) is 22.5 Å². The monoisotopic (exact) mass is 446 g/mol. The molecule has 1 amide bonds. The molecule has 2 aromatic carbocycles. The number of rotatable bonds is 8. The van der Waals surface area contributed by atoms with E-state index < -0.39 is 11.9 Å². The highest BCUT2D eigenvalue weighted by Gasteiger charge is 2.23. The van der Waals surface area contributed by atoms with Crippen LogP contribution in [-0.4, -0.2) is 46.0 Å². The number of hydrogen-bond acceptors (Lipinski definition) is 5. The Morgan fingerprint density at radius 1 is 1.15 bits per heavy atom. The Morgan fingerprint density at radius 3 is 2.67 bits per heavy atom. The Balaban J connectivity index is 1.63. The van der Waals surface area contributed by atoms with Crippen LogP contribution in [0.3, 0.4) is 0 Å². The van der Waals surface area contributed by atoms with Gasteiger partial charge in [-0.05, 0) is 54.1 Å². The van der Waals surface area contributed by atoms with Gasteiger partial charge in [-0.3, -0.25) is 14.9 Å². The number of aliphatic hydroxyl groups is 1. The van der Waals surface area contributed by atoms with Gasteiger partial charge in [0.1, 0.15) is 11.6 Å². The van der Waals surface area contributed by atoms with E-state index in [2.05, 4.69) is 20.5 Å². The van der Waals surface area contributed by atoms with Crippen molar-refractivity contribution in [3.63, 3.8) is 0 Å². The van der Waals surface area contributed by atoms with Crippen LogP contribution in [0.15, 0.2) is 72.9 Å². The van der Waals surface area contributed by atoms with Crippen molar-refractivity contribution in [3.05, 3.63) is 90.0 Å². The molecule has 0 aliphatic carbocycles. The van der Waals surface area contributed by atoms with E-state index in [1.54, 1.807) is 48.7 Å². The molecule has 168 valence electrons. The number of halogens is 1. The summed E-state index contributed by atoms with van der Waals surface area (Å²) in [6, 6.07) is 18.0. The molecule has 0 saturated carbocycles. The lowest BCUT2D eigenvalue weighted by Gasteiger charge is -2.18. The van der Waals surface area contributed by atoms with Crippen LogP contribution in [0.1, 0.15) is 16.1 Å². The van der Waals surface area contributed by atoms with Gasteiger partial charge in [-0.1, -0.05) is 18.2 Å². The third-order valence-electron chi connectivity index (χ3n) is 5.22. The maximum atomic E-state index is 13.3. The third kappa shape index (κ3) is 5.07. The average molecular weight is 446 g/mol. The molecule has 0 spiro atoms. The Kier molecular flexibility index (Phi) is 6.75. The first-order valence-corrected chi connectivity index (χ1v) is 10.4. The van der Waals surface area contributed by atoms with Crippen LogP contribution in [0, 0.1) is 5.82 Å². The Bertz CT molecular complexity index is 1230. The lowest BCUT2D eigenvalue weighted by Crippen LogP contribution is -2.39. The van der Waals surface area contributed by atoms with Gasteiger partial charge in [-0.25, -0.2) is 4.39 Å². The van der Waals surface area contributed by atoms with Gasteiger partial charge in [-0.15, -0.1) is 0 Å². The minimum Gasteiger partial charge on any atom is -0.496 e. The molecule has 0 unspecified atom stereocenters. The summed E-state index contributed by atoms with van der Waals surface area (Å²) in [6.45, 7) is -0.246. The molecule has 4 rings (SSSR count). The molecule has 0 aliphatic rings. The van der Waals surface area contributed by atoms with E-state index in [1.165, 1.54) is 19.2 Å². The van der Waals surface area contributed by atoms with Crippen LogP contribution < -0.4 is 10.1 Å². The fourth-order valence-electron chi connectivity index (χ4n) is 3.58. The van der Waals surface area contributed by atoms with E-state index in [0.717, 1.165) is 11.3 Å². The number of aromatic nitrogens is 3. The number of carbonyl (C=O) groups is 1. The number of nitrogens with one attached hydrogen (secondary N) is 2. The van der Waals surface area contributed by atoms with Crippen molar-refractivity contribution in [2.24, 2.45) is 0 Å². The second-order valence-electron chi connectivity index (χ2n) is 7.43. The van der Waals surface area contributed by atoms with Crippen LogP contribution >= 0.6 is 0 Å². The van der Waals surface area contributed by atoms with Crippen LogP contribution in [0.2, 0.25) is 0 Å². The summed E-state index contributed by atoms with van der Waals surface area (Å²) in [6.07, 6.45) is 2.05. The van der Waals surface area contributed by atoms with Crippen molar-refractivity contribution in [2.75, 3.05) is 13.7 Å². The number of methoxy groups -OCH3 is 1. The molecular weight excluding hydrogens is 423 g/mol. The summed E-state index contributed by atoms with van der Waals surface area (Å²) in [5.74, 6) is -0.344. The number of nitrogens with zero attached hydrogens (tertiary/aromatic N) is 2. The zero-order chi connectivity index (χ0) is 23.2. The maximum Gasteiger partial charge on any atom is 0.256 e. The Morgan fingerprint density at radius 2 is 1.97 bits per heavy atom. The SMILES string of the molecule is COc1cccc(-c2cc(-c3ccc(F)cc3)[nH]n2)c1C(=O)N[C@@H](CO)Cc1ccccn1. The molecule has 0 saturated heterocycles. The summed E-state index contributed by atoms with van der Waals surface area (Å²) in [4.78, 5) is 17.5. The average Bonchev–Trinajstić information content (AvgIpc) is 3.34. The molecule has 0 bridgehead atoms. The number of hydrogen-bond donors (Lipinski definition) is 3. The summed E-state index contributed by atoms with van der Waals surface area (Å²) >= 11 is 0. The quantitative estimate of drug-likeness (QED) is 0.384. The van der Waals surface area contributed by atoms with E-state index in [1.807, 2.05) is 12.1 Å². The summed E-state index contributed by atoms with van der Waals surface area (Å²) in [7, 11) is 1.49. The predicted octanol–water partition coefficient (Wildman–Crippen LogP) is 3.62. The van der Waals surface area contributed by atoms with Gasteiger partial charge < -0.3 is 15.2 Å². The van der Waals surface area contributed by atoms with Crippen LogP contribution in [0.4, 0.5) is 4.39 Å². The van der Waals surface area contributed by atoms with Crippen molar-refractivity contribution >= 4 is 5.91 Å². The van der Waals surface area contributed by atoms with Crippen molar-refractivity contribution in [2.45, 2.75) is 12.5 Å². The number of pyridine rings is 1. The number of ether oxygens (including phenoxy) is 1. The van der Waals surface area contributed by atoms with E-state index >= 15 is 0 Å². The molecule has 0 fully saturated rings. The highest BCUT2D eigenvalue weighted by molar-refractivity contribution is 6.03. The second kappa shape index (κ2) is 10.1. The molecule has 7 nitrogen and oxygen atoms in total. The highest BCUT2D eigenvalue weighted by Crippen LogP contribution is 2.32. The Hall–Kier alpha value is -4.04. The fraction of sp³-hybridized carbons (Fsp3) is 0.160. The zero-order valence-corrected chi connectivity index (χ0v) is 18.0. The molecule has 4 aromatic rings. The lowest BCUT2D eigenvalue weighted by molar-refractivity contribution is 0.0914.